The lowest BCUT2D eigenvalue weighted by Crippen LogP contribution is -2.11. The maximum absolute atomic E-state index is 5.68. The van der Waals surface area contributed by atoms with Crippen LogP contribution in [0, 0.1) is 0 Å². The van der Waals surface area contributed by atoms with E-state index in [9.17, 15) is 0 Å². The predicted molar refractivity (Wildman–Crippen MR) is 66.1 cm³/mol. The van der Waals surface area contributed by atoms with Crippen LogP contribution in [0.2, 0.25) is 12.6 Å². The van der Waals surface area contributed by atoms with E-state index in [1.807, 2.05) is 18.5 Å². The molecule has 3 heteroatoms. The van der Waals surface area contributed by atoms with Crippen molar-refractivity contribution in [3.8, 4) is 0 Å². The van der Waals surface area contributed by atoms with Gasteiger partial charge in [-0.25, -0.2) is 0 Å². The second kappa shape index (κ2) is 6.38. The molecule has 0 bridgehead atoms. The van der Waals surface area contributed by atoms with Gasteiger partial charge in [-0.3, -0.25) is 0 Å². The van der Waals surface area contributed by atoms with Gasteiger partial charge in [0.25, 0.3) is 0 Å². The number of H-pyrrole nitrogens is 1. The van der Waals surface area contributed by atoms with Gasteiger partial charge in [-0.1, -0.05) is 13.8 Å². The number of rotatable bonds is 6. The lowest BCUT2D eigenvalue weighted by Gasteiger charge is -2.09. The Morgan fingerprint density at radius 1 is 1.47 bits per heavy atom. The molecule has 1 aromatic rings. The molecule has 0 aromatic carbocycles. The maximum atomic E-state index is 5.68. The van der Waals surface area contributed by atoms with Crippen molar-refractivity contribution in [1.82, 2.24) is 4.98 Å². The Morgan fingerprint density at radius 2 is 2.20 bits per heavy atom. The maximum Gasteiger partial charge on any atom is 0.356 e. The summed E-state index contributed by atoms with van der Waals surface area (Å²) in [6.45, 7) is 6.77. The molecule has 1 heterocycles. The summed E-state index contributed by atoms with van der Waals surface area (Å²) in [5, 5.41) is 0. The SMILES string of the molecule is CCB(CC)OC=C(C)Cc1ccc[nH]1. The quantitative estimate of drug-likeness (QED) is 0.557. The van der Waals surface area contributed by atoms with Gasteiger partial charge in [0, 0.05) is 18.3 Å². The number of hydrogen-bond donors (Lipinski definition) is 1. The molecule has 0 fully saturated rings. The highest BCUT2D eigenvalue weighted by Gasteiger charge is 2.09. The van der Waals surface area contributed by atoms with E-state index in [2.05, 4.69) is 31.8 Å². The molecule has 0 aliphatic carbocycles. The molecule has 0 atom stereocenters. The van der Waals surface area contributed by atoms with Crippen molar-refractivity contribution in [2.45, 2.75) is 39.8 Å². The molecule has 0 amide bonds. The summed E-state index contributed by atoms with van der Waals surface area (Å²) in [6, 6.07) is 4.11. The number of allylic oxidation sites excluding steroid dienone is 1. The van der Waals surface area contributed by atoms with Crippen LogP contribution < -0.4 is 0 Å². The molecule has 0 aliphatic rings. The van der Waals surface area contributed by atoms with Gasteiger partial charge in [0.2, 0.25) is 0 Å². The van der Waals surface area contributed by atoms with Gasteiger partial charge in [0.05, 0.1) is 6.26 Å². The van der Waals surface area contributed by atoms with Gasteiger partial charge in [-0.05, 0) is 37.3 Å². The first-order valence-corrected chi connectivity index (χ1v) is 5.69. The molecule has 2 nitrogen and oxygen atoms in total. The fraction of sp³-hybridized carbons (Fsp3) is 0.500. The number of aromatic amines is 1. The fourth-order valence-corrected chi connectivity index (χ4v) is 1.51. The fourth-order valence-electron chi connectivity index (χ4n) is 1.51. The van der Waals surface area contributed by atoms with Crippen LogP contribution in [0.4, 0.5) is 0 Å². The Hall–Kier alpha value is -1.12. The van der Waals surface area contributed by atoms with E-state index in [0.29, 0.717) is 6.92 Å². The Kier molecular flexibility index (Phi) is 5.09. The second-order valence-electron chi connectivity index (χ2n) is 3.91. The monoisotopic (exact) mass is 205 g/mol. The zero-order valence-electron chi connectivity index (χ0n) is 9.92. The predicted octanol–water partition coefficient (Wildman–Crippen LogP) is 3.51. The van der Waals surface area contributed by atoms with Crippen LogP contribution in [-0.4, -0.2) is 11.9 Å². The van der Waals surface area contributed by atoms with Crippen molar-refractivity contribution >= 4 is 6.92 Å². The van der Waals surface area contributed by atoms with Crippen LogP contribution >= 0.6 is 0 Å². The average Bonchev–Trinajstić information content (AvgIpc) is 2.72. The summed E-state index contributed by atoms with van der Waals surface area (Å²) in [5.41, 5.74) is 2.49. The van der Waals surface area contributed by atoms with Gasteiger partial charge >= 0.3 is 6.92 Å². The van der Waals surface area contributed by atoms with E-state index in [-0.39, 0.29) is 0 Å². The van der Waals surface area contributed by atoms with Crippen LogP contribution in [0.15, 0.2) is 30.2 Å². The summed E-state index contributed by atoms with van der Waals surface area (Å²) in [4.78, 5) is 3.19. The van der Waals surface area contributed by atoms with Crippen molar-refractivity contribution < 1.29 is 4.65 Å². The average molecular weight is 205 g/mol. The molecule has 1 N–H and O–H groups in total. The van der Waals surface area contributed by atoms with Gasteiger partial charge in [-0.15, -0.1) is 0 Å². The first-order valence-electron chi connectivity index (χ1n) is 5.69. The van der Waals surface area contributed by atoms with E-state index >= 15 is 0 Å². The third-order valence-electron chi connectivity index (χ3n) is 2.50. The molecule has 0 aliphatic heterocycles. The minimum absolute atomic E-state index is 0.364. The Labute approximate surface area is 92.8 Å². The highest BCUT2D eigenvalue weighted by molar-refractivity contribution is 6.51. The van der Waals surface area contributed by atoms with E-state index < -0.39 is 0 Å². The van der Waals surface area contributed by atoms with Crippen molar-refractivity contribution in [2.24, 2.45) is 0 Å². The van der Waals surface area contributed by atoms with Crippen LogP contribution in [0.25, 0.3) is 0 Å². The summed E-state index contributed by atoms with van der Waals surface area (Å²) in [6.07, 6.45) is 6.93. The number of aromatic nitrogens is 1. The minimum Gasteiger partial charge on any atom is -0.566 e. The van der Waals surface area contributed by atoms with Crippen LogP contribution in [0.1, 0.15) is 26.5 Å². The topological polar surface area (TPSA) is 25.0 Å². The Morgan fingerprint density at radius 3 is 2.73 bits per heavy atom. The molecule has 0 radical (unpaired) electrons. The standard InChI is InChI=1S/C12H20BNO/c1-4-13(5-2)15-10-11(3)9-12-7-6-8-14-12/h6-8,10,14H,4-5,9H2,1-3H3. The van der Waals surface area contributed by atoms with Gasteiger partial charge in [0.15, 0.2) is 0 Å². The van der Waals surface area contributed by atoms with Gasteiger partial charge in [0.1, 0.15) is 0 Å². The zero-order chi connectivity index (χ0) is 11.1. The zero-order valence-corrected chi connectivity index (χ0v) is 9.92. The molecule has 82 valence electrons. The normalized spacial score (nSPS) is 11.5. The lowest BCUT2D eigenvalue weighted by atomic mass is 9.63. The highest BCUT2D eigenvalue weighted by Crippen LogP contribution is 2.07. The molecule has 0 unspecified atom stereocenters. The van der Waals surface area contributed by atoms with Crippen LogP contribution in [0.3, 0.4) is 0 Å². The van der Waals surface area contributed by atoms with Crippen LogP contribution in [0.5, 0.6) is 0 Å². The molecule has 15 heavy (non-hydrogen) atoms. The van der Waals surface area contributed by atoms with Crippen molar-refractivity contribution in [3.05, 3.63) is 35.9 Å². The molecule has 1 rings (SSSR count). The van der Waals surface area contributed by atoms with E-state index in [1.54, 1.807) is 0 Å². The largest absolute Gasteiger partial charge is 0.566 e. The van der Waals surface area contributed by atoms with Crippen LogP contribution in [-0.2, 0) is 11.1 Å². The first kappa shape index (κ1) is 12.0. The second-order valence-corrected chi connectivity index (χ2v) is 3.91. The van der Waals surface area contributed by atoms with E-state index in [1.165, 1.54) is 11.3 Å². The van der Waals surface area contributed by atoms with Crippen molar-refractivity contribution in [1.29, 1.82) is 0 Å². The third-order valence-corrected chi connectivity index (χ3v) is 2.50. The molecule has 0 saturated heterocycles. The summed E-state index contributed by atoms with van der Waals surface area (Å²) < 4.78 is 5.68. The highest BCUT2D eigenvalue weighted by atomic mass is 16.4. The van der Waals surface area contributed by atoms with Gasteiger partial charge < -0.3 is 9.64 Å². The lowest BCUT2D eigenvalue weighted by molar-refractivity contribution is 0.481. The smallest absolute Gasteiger partial charge is 0.356 e. The molecule has 0 spiro atoms. The number of hydrogen-bond acceptors (Lipinski definition) is 1. The van der Waals surface area contributed by atoms with E-state index in [0.717, 1.165) is 19.1 Å². The van der Waals surface area contributed by atoms with Gasteiger partial charge in [-0.2, -0.15) is 0 Å². The Balaban J connectivity index is 2.39. The molecule has 1 aromatic heterocycles. The molecule has 0 saturated carbocycles. The summed E-state index contributed by atoms with van der Waals surface area (Å²) >= 11 is 0. The minimum atomic E-state index is 0.364. The third kappa shape index (κ3) is 4.28. The molecular formula is C12H20BNO. The summed E-state index contributed by atoms with van der Waals surface area (Å²) in [5.74, 6) is 0. The Bertz CT molecular complexity index is 289. The van der Waals surface area contributed by atoms with Crippen molar-refractivity contribution in [2.75, 3.05) is 0 Å². The summed E-state index contributed by atoms with van der Waals surface area (Å²) in [7, 11) is 0. The van der Waals surface area contributed by atoms with E-state index in [4.69, 9.17) is 4.65 Å². The van der Waals surface area contributed by atoms with Crippen molar-refractivity contribution in [3.63, 3.8) is 0 Å². The molecular weight excluding hydrogens is 185 g/mol. The number of nitrogens with one attached hydrogen (secondary N) is 1. The first-order chi connectivity index (χ1) is 7.26.